The van der Waals surface area contributed by atoms with Crippen molar-refractivity contribution >= 4 is 28.6 Å². The van der Waals surface area contributed by atoms with Crippen LogP contribution in [0, 0.1) is 18.6 Å². The number of amides is 1. The molecule has 34 heavy (non-hydrogen) atoms. The molecular formula is C27H25ClF2N2O2. The average Bonchev–Trinajstić information content (AvgIpc) is 3.21. The first-order valence-electron chi connectivity index (χ1n) is 11.1. The minimum Gasteiger partial charge on any atom is -0.410 e. The third-order valence-electron chi connectivity index (χ3n) is 5.92. The molecule has 0 fully saturated rings. The van der Waals surface area contributed by atoms with E-state index in [4.69, 9.17) is 16.3 Å². The second-order valence-electron chi connectivity index (χ2n) is 8.07. The van der Waals surface area contributed by atoms with Gasteiger partial charge in [-0.15, -0.1) is 0 Å². The monoisotopic (exact) mass is 482 g/mol. The van der Waals surface area contributed by atoms with Crippen molar-refractivity contribution in [3.63, 3.8) is 0 Å². The molecule has 0 atom stereocenters. The van der Waals surface area contributed by atoms with E-state index >= 15 is 0 Å². The van der Waals surface area contributed by atoms with E-state index in [-0.39, 0.29) is 10.8 Å². The topological polar surface area (TPSA) is 34.5 Å². The molecule has 0 spiro atoms. The van der Waals surface area contributed by atoms with Gasteiger partial charge in [-0.05, 0) is 73.9 Å². The van der Waals surface area contributed by atoms with Crippen molar-refractivity contribution in [2.75, 3.05) is 13.1 Å². The minimum absolute atomic E-state index is 0.0169. The highest BCUT2D eigenvalue weighted by Crippen LogP contribution is 2.39. The minimum atomic E-state index is -0.525. The lowest BCUT2D eigenvalue weighted by molar-refractivity contribution is 0.157. The van der Waals surface area contributed by atoms with Gasteiger partial charge in [0.1, 0.15) is 17.4 Å². The summed E-state index contributed by atoms with van der Waals surface area (Å²) in [5, 5.41) is 0.808. The van der Waals surface area contributed by atoms with Crippen molar-refractivity contribution in [2.24, 2.45) is 0 Å². The number of aromatic nitrogens is 1. The van der Waals surface area contributed by atoms with Gasteiger partial charge >= 0.3 is 6.09 Å². The Balaban J connectivity index is 1.83. The van der Waals surface area contributed by atoms with Gasteiger partial charge in [-0.2, -0.15) is 0 Å². The largest absolute Gasteiger partial charge is 0.415 e. The van der Waals surface area contributed by atoms with Gasteiger partial charge in [0.05, 0.1) is 5.02 Å². The van der Waals surface area contributed by atoms with Crippen LogP contribution in [0.4, 0.5) is 13.6 Å². The van der Waals surface area contributed by atoms with E-state index < -0.39 is 11.9 Å². The zero-order valence-corrected chi connectivity index (χ0v) is 20.0. The summed E-state index contributed by atoms with van der Waals surface area (Å²) in [6.07, 6.45) is 1.47. The van der Waals surface area contributed by atoms with E-state index in [1.807, 2.05) is 42.8 Å². The fraction of sp³-hybridized carbons (Fsp3) is 0.222. The van der Waals surface area contributed by atoms with Crippen LogP contribution in [0.5, 0.6) is 5.75 Å². The van der Waals surface area contributed by atoms with Gasteiger partial charge in [0, 0.05) is 42.3 Å². The maximum atomic E-state index is 13.9. The normalized spacial score (nSPS) is 11.1. The van der Waals surface area contributed by atoms with Gasteiger partial charge in [0.2, 0.25) is 0 Å². The molecule has 0 aliphatic heterocycles. The lowest BCUT2D eigenvalue weighted by Gasteiger charge is -2.20. The van der Waals surface area contributed by atoms with E-state index in [1.54, 1.807) is 30.0 Å². The summed E-state index contributed by atoms with van der Waals surface area (Å²) < 4.78 is 35.4. The summed E-state index contributed by atoms with van der Waals surface area (Å²) in [5.41, 5.74) is 3.71. The molecule has 0 bridgehead atoms. The van der Waals surface area contributed by atoms with E-state index in [0.29, 0.717) is 42.1 Å². The number of halogens is 3. The first kappa shape index (κ1) is 23.8. The van der Waals surface area contributed by atoms with E-state index in [2.05, 4.69) is 0 Å². The summed E-state index contributed by atoms with van der Waals surface area (Å²) in [4.78, 5) is 14.3. The number of aryl methyl sites for hydroxylation is 1. The molecule has 0 radical (unpaired) electrons. The van der Waals surface area contributed by atoms with Crippen LogP contribution in [0.25, 0.3) is 22.0 Å². The lowest BCUT2D eigenvalue weighted by Crippen LogP contribution is -2.33. The summed E-state index contributed by atoms with van der Waals surface area (Å²) in [7, 11) is 0. The predicted molar refractivity (Wildman–Crippen MR) is 132 cm³/mol. The number of nitrogens with zero attached hydrogens (tertiary/aromatic N) is 2. The van der Waals surface area contributed by atoms with Crippen LogP contribution in [0.15, 0.2) is 60.8 Å². The van der Waals surface area contributed by atoms with Crippen molar-refractivity contribution in [1.82, 2.24) is 9.47 Å². The third-order valence-corrected chi connectivity index (χ3v) is 6.21. The quantitative estimate of drug-likeness (QED) is 0.286. The van der Waals surface area contributed by atoms with Crippen LogP contribution in [0.2, 0.25) is 5.02 Å². The average molecular weight is 483 g/mol. The summed E-state index contributed by atoms with van der Waals surface area (Å²) in [6, 6.07) is 15.0. The Bertz CT molecular complexity index is 1360. The summed E-state index contributed by atoms with van der Waals surface area (Å²) in [5.74, 6) is -0.401. The molecule has 0 saturated carbocycles. The molecular weight excluding hydrogens is 458 g/mol. The number of fused-ring (bicyclic) bond motifs is 1. The smallest absolute Gasteiger partial charge is 0.410 e. The van der Waals surface area contributed by atoms with E-state index in [0.717, 1.165) is 16.5 Å². The Labute approximate surface area is 202 Å². The van der Waals surface area contributed by atoms with Gasteiger partial charge < -0.3 is 14.2 Å². The molecule has 1 heterocycles. The number of hydrogen-bond acceptors (Lipinski definition) is 2. The molecule has 0 N–H and O–H groups in total. The van der Waals surface area contributed by atoms with Crippen LogP contribution in [0.3, 0.4) is 0 Å². The highest BCUT2D eigenvalue weighted by molar-refractivity contribution is 6.31. The molecule has 4 nitrogen and oxygen atoms in total. The third kappa shape index (κ3) is 4.64. The standard InChI is InChI=1S/C27H25ClF2N2O2/c1-4-31(5-2)27(33)34-25-11-10-24-20(26(25)19-7-9-23(30)21(28)15-19)12-13-32(24)16-18-6-8-22(29)17(3)14-18/h6-15H,4-5,16H2,1-3H3. The Hall–Kier alpha value is -3.38. The Morgan fingerprint density at radius 2 is 1.74 bits per heavy atom. The number of hydrogen-bond donors (Lipinski definition) is 0. The van der Waals surface area contributed by atoms with Gasteiger partial charge in [0.15, 0.2) is 0 Å². The van der Waals surface area contributed by atoms with Gasteiger partial charge in [0.25, 0.3) is 0 Å². The van der Waals surface area contributed by atoms with Gasteiger partial charge in [-0.25, -0.2) is 13.6 Å². The SMILES string of the molecule is CCN(CC)C(=O)Oc1ccc2c(ccn2Cc2ccc(F)c(C)c2)c1-c1ccc(F)c(Cl)c1. The van der Waals surface area contributed by atoms with E-state index in [9.17, 15) is 13.6 Å². The number of rotatable bonds is 6. The number of carbonyl (C=O) groups excluding carboxylic acids is 1. The van der Waals surface area contributed by atoms with Crippen LogP contribution in [-0.4, -0.2) is 28.6 Å². The molecule has 0 unspecified atom stereocenters. The summed E-state index contributed by atoms with van der Waals surface area (Å²) >= 11 is 6.08. The molecule has 1 aromatic heterocycles. The van der Waals surface area contributed by atoms with Crippen LogP contribution >= 0.6 is 11.6 Å². The second kappa shape index (κ2) is 9.85. The van der Waals surface area contributed by atoms with Crippen molar-refractivity contribution in [3.8, 4) is 16.9 Å². The van der Waals surface area contributed by atoms with E-state index in [1.165, 1.54) is 18.2 Å². The molecule has 0 aliphatic rings. The number of ether oxygens (including phenoxy) is 1. The highest BCUT2D eigenvalue weighted by Gasteiger charge is 2.20. The molecule has 4 aromatic rings. The Kier molecular flexibility index (Phi) is 6.89. The van der Waals surface area contributed by atoms with Crippen LogP contribution in [0.1, 0.15) is 25.0 Å². The molecule has 1 amide bonds. The van der Waals surface area contributed by atoms with Gasteiger partial charge in [-0.1, -0.05) is 29.8 Å². The maximum Gasteiger partial charge on any atom is 0.415 e. The van der Waals surface area contributed by atoms with Crippen molar-refractivity contribution in [1.29, 1.82) is 0 Å². The lowest BCUT2D eigenvalue weighted by atomic mass is 10.0. The zero-order valence-electron chi connectivity index (χ0n) is 19.2. The highest BCUT2D eigenvalue weighted by atomic mass is 35.5. The molecule has 0 saturated heterocycles. The first-order valence-corrected chi connectivity index (χ1v) is 11.5. The fourth-order valence-corrected chi connectivity index (χ4v) is 4.25. The molecule has 3 aromatic carbocycles. The molecule has 4 rings (SSSR count). The van der Waals surface area contributed by atoms with Crippen molar-refractivity contribution in [3.05, 3.63) is 88.6 Å². The summed E-state index contributed by atoms with van der Waals surface area (Å²) in [6.45, 7) is 7.07. The Morgan fingerprint density at radius 1 is 1.00 bits per heavy atom. The maximum absolute atomic E-state index is 13.9. The Morgan fingerprint density at radius 3 is 2.41 bits per heavy atom. The molecule has 0 aliphatic carbocycles. The molecule has 176 valence electrons. The second-order valence-corrected chi connectivity index (χ2v) is 8.48. The van der Waals surface area contributed by atoms with Crippen LogP contribution < -0.4 is 4.74 Å². The first-order chi connectivity index (χ1) is 16.3. The fourth-order valence-electron chi connectivity index (χ4n) is 4.07. The van der Waals surface area contributed by atoms with Crippen molar-refractivity contribution < 1.29 is 18.3 Å². The number of benzene rings is 3. The molecule has 7 heteroatoms. The van der Waals surface area contributed by atoms with Crippen LogP contribution in [-0.2, 0) is 6.54 Å². The van der Waals surface area contributed by atoms with Gasteiger partial charge in [-0.3, -0.25) is 0 Å². The zero-order chi connectivity index (χ0) is 24.4. The predicted octanol–water partition coefficient (Wildman–Crippen LogP) is 7.44. The van der Waals surface area contributed by atoms with Crippen molar-refractivity contribution in [2.45, 2.75) is 27.3 Å². The number of carbonyl (C=O) groups is 1.